The first-order valence-electron chi connectivity index (χ1n) is 9.65. The summed E-state index contributed by atoms with van der Waals surface area (Å²) in [7, 11) is 1.84. The average Bonchev–Trinajstić information content (AvgIpc) is 2.96. The van der Waals surface area contributed by atoms with Crippen LogP contribution in [0.3, 0.4) is 0 Å². The van der Waals surface area contributed by atoms with Crippen LogP contribution in [0.1, 0.15) is 34.1 Å². The zero-order chi connectivity index (χ0) is 20.5. The van der Waals surface area contributed by atoms with E-state index < -0.39 is 5.91 Å². The summed E-state index contributed by atoms with van der Waals surface area (Å²) in [5.41, 5.74) is 6.55. The van der Waals surface area contributed by atoms with Gasteiger partial charge in [-0.2, -0.15) is 0 Å². The molecule has 0 fully saturated rings. The predicted octanol–water partition coefficient (Wildman–Crippen LogP) is 3.20. The van der Waals surface area contributed by atoms with Crippen LogP contribution in [0.5, 0.6) is 0 Å². The molecule has 0 aliphatic carbocycles. The lowest BCUT2D eigenvalue weighted by Crippen LogP contribution is -2.38. The predicted molar refractivity (Wildman–Crippen MR) is 110 cm³/mol. The maximum atomic E-state index is 12.7. The van der Waals surface area contributed by atoms with E-state index in [4.69, 9.17) is 5.21 Å². The van der Waals surface area contributed by atoms with Crippen molar-refractivity contribution >= 4 is 22.8 Å². The molecule has 150 valence electrons. The Morgan fingerprint density at radius 2 is 1.83 bits per heavy atom. The topological polar surface area (TPSA) is 77.8 Å². The molecule has 0 radical (unpaired) electrons. The van der Waals surface area contributed by atoms with E-state index in [1.165, 1.54) is 5.56 Å². The van der Waals surface area contributed by atoms with Crippen molar-refractivity contribution in [1.82, 2.24) is 19.8 Å². The van der Waals surface area contributed by atoms with Gasteiger partial charge in [0.1, 0.15) is 0 Å². The summed E-state index contributed by atoms with van der Waals surface area (Å²) in [4.78, 5) is 27.9. The number of aromatic nitrogens is 1. The van der Waals surface area contributed by atoms with E-state index in [-0.39, 0.29) is 6.03 Å². The van der Waals surface area contributed by atoms with E-state index >= 15 is 0 Å². The number of carbonyl (C=O) groups is 2. The molecule has 3 aromatic rings. The molecule has 1 aliphatic heterocycles. The summed E-state index contributed by atoms with van der Waals surface area (Å²) in [6.07, 6.45) is 0. The molecule has 29 heavy (non-hydrogen) atoms. The van der Waals surface area contributed by atoms with Crippen LogP contribution >= 0.6 is 0 Å². The molecule has 7 heteroatoms. The second kappa shape index (κ2) is 7.60. The molecule has 0 saturated carbocycles. The first kappa shape index (κ1) is 19.0. The lowest BCUT2D eigenvalue weighted by Gasteiger charge is -2.24. The van der Waals surface area contributed by atoms with Crippen LogP contribution in [0.15, 0.2) is 48.5 Å². The number of amides is 3. The summed E-state index contributed by atoms with van der Waals surface area (Å²) in [5.74, 6) is -0.531. The average molecular weight is 392 g/mol. The van der Waals surface area contributed by atoms with Crippen molar-refractivity contribution in [2.24, 2.45) is 0 Å². The molecule has 2 heterocycles. The zero-order valence-electron chi connectivity index (χ0n) is 16.6. The Kier molecular flexibility index (Phi) is 4.98. The monoisotopic (exact) mass is 392 g/mol. The maximum Gasteiger partial charge on any atom is 0.320 e. The van der Waals surface area contributed by atoms with Crippen molar-refractivity contribution in [3.8, 4) is 0 Å². The lowest BCUT2D eigenvalue weighted by molar-refractivity contribution is 0.0706. The van der Waals surface area contributed by atoms with Gasteiger partial charge in [0.2, 0.25) is 0 Å². The third kappa shape index (κ3) is 3.34. The van der Waals surface area contributed by atoms with Gasteiger partial charge in [-0.15, -0.1) is 0 Å². The fraction of sp³-hybridized carbons (Fsp3) is 0.273. The minimum atomic E-state index is -0.531. The summed E-state index contributed by atoms with van der Waals surface area (Å²) in [6, 6.07) is 15.5. The van der Waals surface area contributed by atoms with E-state index in [9.17, 15) is 9.59 Å². The second-order valence-corrected chi connectivity index (χ2v) is 7.32. The van der Waals surface area contributed by atoms with Crippen molar-refractivity contribution < 1.29 is 14.8 Å². The van der Waals surface area contributed by atoms with Gasteiger partial charge in [0.05, 0.1) is 6.54 Å². The Morgan fingerprint density at radius 1 is 1.10 bits per heavy atom. The minimum Gasteiger partial charge on any atom is -0.338 e. The standard InChI is InChI=1S/C22H24N4O3/c1-3-25-14-20-18(13-24(2)22(25)28)17-6-4-5-7-19(17)26(20)12-15-8-10-16(11-9-15)21(27)23-29/h4-11,29H,3,12-14H2,1-2H3,(H,23,27). The van der Waals surface area contributed by atoms with Crippen LogP contribution in [-0.2, 0) is 19.6 Å². The molecule has 0 unspecified atom stereocenters. The number of benzene rings is 2. The van der Waals surface area contributed by atoms with Crippen molar-refractivity contribution in [3.05, 3.63) is 70.9 Å². The normalized spacial score (nSPS) is 14.1. The summed E-state index contributed by atoms with van der Waals surface area (Å²) in [5, 5.41) is 9.96. The SMILES string of the molecule is CCN1Cc2c(c3ccccc3n2Cc2ccc(C(=O)NO)cc2)CN(C)C1=O. The molecule has 1 aromatic heterocycles. The minimum absolute atomic E-state index is 0.0405. The molecule has 4 rings (SSSR count). The van der Waals surface area contributed by atoms with E-state index in [0.29, 0.717) is 31.7 Å². The third-order valence-corrected chi connectivity index (χ3v) is 5.57. The maximum absolute atomic E-state index is 12.7. The van der Waals surface area contributed by atoms with Crippen LogP contribution in [-0.4, -0.2) is 45.1 Å². The van der Waals surface area contributed by atoms with Crippen molar-refractivity contribution in [1.29, 1.82) is 0 Å². The molecule has 0 saturated heterocycles. The van der Waals surface area contributed by atoms with Crippen LogP contribution in [0.4, 0.5) is 4.79 Å². The van der Waals surface area contributed by atoms with E-state index in [1.54, 1.807) is 22.5 Å². The third-order valence-electron chi connectivity index (χ3n) is 5.57. The highest BCUT2D eigenvalue weighted by molar-refractivity contribution is 5.93. The lowest BCUT2D eigenvalue weighted by atomic mass is 10.1. The van der Waals surface area contributed by atoms with Gasteiger partial charge in [-0.3, -0.25) is 10.0 Å². The smallest absolute Gasteiger partial charge is 0.320 e. The largest absolute Gasteiger partial charge is 0.338 e. The Hall–Kier alpha value is -3.32. The van der Waals surface area contributed by atoms with Gasteiger partial charge < -0.3 is 14.4 Å². The van der Waals surface area contributed by atoms with Gasteiger partial charge in [-0.1, -0.05) is 30.3 Å². The number of fused-ring (bicyclic) bond motifs is 3. The van der Waals surface area contributed by atoms with Gasteiger partial charge in [0.25, 0.3) is 5.91 Å². The van der Waals surface area contributed by atoms with E-state index in [1.807, 2.05) is 43.1 Å². The van der Waals surface area contributed by atoms with E-state index in [2.05, 4.69) is 16.7 Å². The molecule has 0 spiro atoms. The number of hydroxylamine groups is 1. The number of hydrogen-bond donors (Lipinski definition) is 2. The van der Waals surface area contributed by atoms with Crippen LogP contribution in [0.2, 0.25) is 0 Å². The van der Waals surface area contributed by atoms with Crippen molar-refractivity contribution in [2.45, 2.75) is 26.6 Å². The molecule has 0 atom stereocenters. The summed E-state index contributed by atoms with van der Waals surface area (Å²) in [6.45, 7) is 4.42. The Bertz CT molecular complexity index is 1070. The number of urea groups is 1. The molecule has 0 bridgehead atoms. The van der Waals surface area contributed by atoms with Gasteiger partial charge in [0, 0.05) is 54.4 Å². The molecule has 7 nitrogen and oxygen atoms in total. The fourth-order valence-electron chi connectivity index (χ4n) is 4.02. The number of nitrogens with one attached hydrogen (secondary N) is 1. The zero-order valence-corrected chi connectivity index (χ0v) is 16.6. The van der Waals surface area contributed by atoms with Crippen LogP contribution < -0.4 is 5.48 Å². The first-order chi connectivity index (χ1) is 14.0. The number of nitrogens with zero attached hydrogens (tertiary/aromatic N) is 3. The number of rotatable bonds is 4. The molecule has 2 N–H and O–H groups in total. The summed E-state index contributed by atoms with van der Waals surface area (Å²) >= 11 is 0. The van der Waals surface area contributed by atoms with Gasteiger partial charge in [-0.05, 0) is 30.7 Å². The highest BCUT2D eigenvalue weighted by Gasteiger charge is 2.28. The fourth-order valence-corrected chi connectivity index (χ4v) is 4.02. The Balaban J connectivity index is 1.79. The Labute approximate surface area is 169 Å². The highest BCUT2D eigenvalue weighted by atomic mass is 16.5. The molecule has 2 aromatic carbocycles. The molecule has 1 aliphatic rings. The number of para-hydroxylation sites is 1. The molecular formula is C22H24N4O3. The van der Waals surface area contributed by atoms with E-state index in [0.717, 1.165) is 22.2 Å². The van der Waals surface area contributed by atoms with Crippen molar-refractivity contribution in [3.63, 3.8) is 0 Å². The number of carbonyl (C=O) groups excluding carboxylic acids is 2. The van der Waals surface area contributed by atoms with Crippen LogP contribution in [0, 0.1) is 0 Å². The van der Waals surface area contributed by atoms with Gasteiger partial charge in [-0.25, -0.2) is 10.3 Å². The second-order valence-electron chi connectivity index (χ2n) is 7.32. The molecular weight excluding hydrogens is 368 g/mol. The highest BCUT2D eigenvalue weighted by Crippen LogP contribution is 2.31. The Morgan fingerprint density at radius 3 is 2.52 bits per heavy atom. The first-order valence-corrected chi connectivity index (χ1v) is 9.65. The van der Waals surface area contributed by atoms with Crippen molar-refractivity contribution in [2.75, 3.05) is 13.6 Å². The number of hydrogen-bond acceptors (Lipinski definition) is 3. The quantitative estimate of drug-likeness (QED) is 0.529. The summed E-state index contributed by atoms with van der Waals surface area (Å²) < 4.78 is 2.26. The van der Waals surface area contributed by atoms with Gasteiger partial charge in [0.15, 0.2) is 0 Å². The molecule has 3 amide bonds. The van der Waals surface area contributed by atoms with Gasteiger partial charge >= 0.3 is 6.03 Å². The van der Waals surface area contributed by atoms with Crippen LogP contribution in [0.25, 0.3) is 10.9 Å².